The molecule has 0 bridgehead atoms. The third-order valence-electron chi connectivity index (χ3n) is 5.51. The number of nitrogens with one attached hydrogen (secondary N) is 2. The van der Waals surface area contributed by atoms with Crippen molar-refractivity contribution in [3.8, 4) is 0 Å². The molecule has 0 radical (unpaired) electrons. The van der Waals surface area contributed by atoms with Gasteiger partial charge in [-0.05, 0) is 46.1 Å². The maximum absolute atomic E-state index is 13.2. The Morgan fingerprint density at radius 2 is 1.63 bits per heavy atom. The maximum atomic E-state index is 13.2. The van der Waals surface area contributed by atoms with Crippen LogP contribution < -0.4 is 16.2 Å². The molecular weight excluding hydrogens is 384 g/mol. The first-order valence-electron chi connectivity index (χ1n) is 10.4. The number of carbonyl (C=O) groups is 2. The molecule has 1 saturated carbocycles. The first-order chi connectivity index (χ1) is 14.0. The molecule has 2 atom stereocenters. The van der Waals surface area contributed by atoms with Gasteiger partial charge in [0.05, 0.1) is 22.5 Å². The number of pyridine rings is 1. The van der Waals surface area contributed by atoms with Crippen molar-refractivity contribution in [2.75, 3.05) is 0 Å². The van der Waals surface area contributed by atoms with Crippen LogP contribution in [-0.4, -0.2) is 38.8 Å². The second-order valence-electron chi connectivity index (χ2n) is 9.22. The Balaban J connectivity index is 1.84. The van der Waals surface area contributed by atoms with E-state index < -0.39 is 11.7 Å². The van der Waals surface area contributed by atoms with Crippen molar-refractivity contribution < 1.29 is 14.3 Å². The van der Waals surface area contributed by atoms with E-state index in [2.05, 4.69) is 10.6 Å². The Labute approximate surface area is 176 Å². The van der Waals surface area contributed by atoms with Crippen LogP contribution in [0.25, 0.3) is 10.9 Å². The van der Waals surface area contributed by atoms with Gasteiger partial charge >= 0.3 is 6.09 Å². The highest BCUT2D eigenvalue weighted by molar-refractivity contribution is 6.07. The minimum atomic E-state index is -0.585. The molecule has 1 fully saturated rings. The summed E-state index contributed by atoms with van der Waals surface area (Å²) in [6.07, 6.45) is 6.45. The highest BCUT2D eigenvalue weighted by atomic mass is 16.6. The molecule has 0 spiro atoms. The second-order valence-corrected chi connectivity index (χ2v) is 9.22. The number of amides is 2. The smallest absolute Gasteiger partial charge is 0.407 e. The number of aromatic nitrogens is 2. The zero-order valence-corrected chi connectivity index (χ0v) is 18.7. The molecule has 2 heterocycles. The van der Waals surface area contributed by atoms with Crippen molar-refractivity contribution >= 4 is 22.9 Å². The molecule has 164 valence electrons. The lowest BCUT2D eigenvalue weighted by Gasteiger charge is -2.33. The summed E-state index contributed by atoms with van der Waals surface area (Å²) in [4.78, 5) is 38.1. The Hall–Kier alpha value is -2.77. The summed E-state index contributed by atoms with van der Waals surface area (Å²) in [6.45, 7) is 7.37. The average molecular weight is 417 g/mol. The highest BCUT2D eigenvalue weighted by Gasteiger charge is 2.30. The van der Waals surface area contributed by atoms with Crippen LogP contribution in [0.1, 0.15) is 62.4 Å². The number of nitrogens with zero attached hydrogens (tertiary/aromatic N) is 2. The van der Waals surface area contributed by atoms with Crippen LogP contribution in [0.4, 0.5) is 4.79 Å². The molecule has 30 heavy (non-hydrogen) atoms. The molecule has 0 unspecified atom stereocenters. The number of fused-ring (bicyclic) bond motifs is 1. The molecule has 2 N–H and O–H groups in total. The van der Waals surface area contributed by atoms with Gasteiger partial charge in [0.2, 0.25) is 0 Å². The number of hydrogen-bond acceptors (Lipinski definition) is 4. The number of carbonyl (C=O) groups excluding carboxylic acids is 2. The molecule has 1 aliphatic carbocycles. The lowest BCUT2D eigenvalue weighted by atomic mass is 9.90. The van der Waals surface area contributed by atoms with Crippen LogP contribution >= 0.6 is 0 Å². The lowest BCUT2D eigenvalue weighted by molar-refractivity contribution is 0.0475. The van der Waals surface area contributed by atoms with Gasteiger partial charge in [0.25, 0.3) is 11.5 Å². The summed E-state index contributed by atoms with van der Waals surface area (Å²) in [7, 11) is 3.52. The van der Waals surface area contributed by atoms with Gasteiger partial charge in [-0.15, -0.1) is 0 Å². The molecule has 0 aliphatic heterocycles. The first kappa shape index (κ1) is 21.9. The molecule has 8 nitrogen and oxygen atoms in total. The molecule has 8 heteroatoms. The van der Waals surface area contributed by atoms with Crippen LogP contribution in [-0.2, 0) is 18.8 Å². The molecule has 3 rings (SSSR count). The van der Waals surface area contributed by atoms with E-state index in [1.54, 1.807) is 19.4 Å². The van der Waals surface area contributed by atoms with Gasteiger partial charge in [-0.25, -0.2) is 4.79 Å². The van der Waals surface area contributed by atoms with Crippen molar-refractivity contribution in [3.05, 3.63) is 33.9 Å². The highest BCUT2D eigenvalue weighted by Crippen LogP contribution is 2.23. The molecule has 0 saturated heterocycles. The van der Waals surface area contributed by atoms with Crippen molar-refractivity contribution in [2.45, 2.75) is 71.1 Å². The minimum Gasteiger partial charge on any atom is -0.444 e. The Kier molecular flexibility index (Phi) is 5.97. The number of rotatable bonds is 3. The van der Waals surface area contributed by atoms with Gasteiger partial charge in [0, 0.05) is 32.5 Å². The van der Waals surface area contributed by atoms with E-state index in [-0.39, 0.29) is 23.6 Å². The molecule has 1 aliphatic rings. The van der Waals surface area contributed by atoms with Gasteiger partial charge in [0.15, 0.2) is 0 Å². The standard InChI is InChI=1S/C22H32N4O4/c1-13-11-26(6)20(28)17-14(12-25(5)18(13)17)19(27)23-15-9-7-8-10-16(15)24-21(29)30-22(2,3)4/h11-12,15-16H,7-10H2,1-6H3,(H,23,27)(H,24,29)/t15-,16+/m0/s1. The van der Waals surface area contributed by atoms with Crippen LogP contribution in [0.15, 0.2) is 17.2 Å². The quantitative estimate of drug-likeness (QED) is 0.804. The summed E-state index contributed by atoms with van der Waals surface area (Å²) in [6, 6.07) is -0.431. The third kappa shape index (κ3) is 4.52. The van der Waals surface area contributed by atoms with E-state index in [0.717, 1.165) is 36.8 Å². The van der Waals surface area contributed by atoms with Crippen molar-refractivity contribution in [3.63, 3.8) is 0 Å². The number of ether oxygens (including phenoxy) is 1. The SMILES string of the molecule is Cc1cn(C)c(=O)c2c(C(=O)N[C@H]3CCCC[C@H]3NC(=O)OC(C)(C)C)cn(C)c12. The largest absolute Gasteiger partial charge is 0.444 e. The number of aryl methyl sites for hydroxylation is 3. The van der Waals surface area contributed by atoms with Crippen molar-refractivity contribution in [1.82, 2.24) is 19.8 Å². The topological polar surface area (TPSA) is 94.4 Å². The lowest BCUT2D eigenvalue weighted by Crippen LogP contribution is -2.54. The van der Waals surface area contributed by atoms with E-state index in [4.69, 9.17) is 4.74 Å². The summed E-state index contributed by atoms with van der Waals surface area (Å²) in [5.74, 6) is -0.300. The maximum Gasteiger partial charge on any atom is 0.407 e. The molecule has 2 amide bonds. The Morgan fingerprint density at radius 1 is 1.03 bits per heavy atom. The van der Waals surface area contributed by atoms with Gasteiger partial charge in [-0.1, -0.05) is 12.8 Å². The van der Waals surface area contributed by atoms with Gasteiger partial charge < -0.3 is 24.5 Å². The van der Waals surface area contributed by atoms with Gasteiger partial charge in [-0.2, -0.15) is 0 Å². The van der Waals surface area contributed by atoms with Gasteiger partial charge in [-0.3, -0.25) is 9.59 Å². The van der Waals surface area contributed by atoms with Crippen LogP contribution in [0.3, 0.4) is 0 Å². The Morgan fingerprint density at radius 3 is 2.23 bits per heavy atom. The normalized spacial score (nSPS) is 19.5. The van der Waals surface area contributed by atoms with E-state index in [1.165, 1.54) is 4.57 Å². The van der Waals surface area contributed by atoms with E-state index >= 15 is 0 Å². The summed E-state index contributed by atoms with van der Waals surface area (Å²) in [5, 5.41) is 6.38. The van der Waals surface area contributed by atoms with Crippen LogP contribution in [0.5, 0.6) is 0 Å². The zero-order valence-electron chi connectivity index (χ0n) is 18.7. The monoisotopic (exact) mass is 416 g/mol. The molecule has 2 aromatic rings. The van der Waals surface area contributed by atoms with Crippen molar-refractivity contribution in [2.24, 2.45) is 14.1 Å². The fourth-order valence-corrected chi connectivity index (χ4v) is 4.26. The predicted octanol–water partition coefficient (Wildman–Crippen LogP) is 2.75. The molecule has 0 aromatic carbocycles. The number of alkyl carbamates (subject to hydrolysis) is 1. The fraction of sp³-hybridized carbons (Fsp3) is 0.591. The van der Waals surface area contributed by atoms with Crippen LogP contribution in [0, 0.1) is 6.92 Å². The van der Waals surface area contributed by atoms with Crippen molar-refractivity contribution in [1.29, 1.82) is 0 Å². The summed E-state index contributed by atoms with van der Waals surface area (Å²) in [5.41, 5.74) is 1.26. The second kappa shape index (κ2) is 8.16. The number of hydrogen-bond donors (Lipinski definition) is 2. The zero-order chi connectivity index (χ0) is 22.2. The molecular formula is C22H32N4O4. The van der Waals surface area contributed by atoms with Gasteiger partial charge in [0.1, 0.15) is 5.60 Å². The van der Waals surface area contributed by atoms with E-state index in [1.807, 2.05) is 39.3 Å². The Bertz CT molecular complexity index is 1030. The van der Waals surface area contributed by atoms with E-state index in [0.29, 0.717) is 10.9 Å². The summed E-state index contributed by atoms with van der Waals surface area (Å²) >= 11 is 0. The fourth-order valence-electron chi connectivity index (χ4n) is 4.26. The van der Waals surface area contributed by atoms with Crippen LogP contribution in [0.2, 0.25) is 0 Å². The first-order valence-corrected chi connectivity index (χ1v) is 10.4. The molecule has 2 aromatic heterocycles. The summed E-state index contributed by atoms with van der Waals surface area (Å²) < 4.78 is 8.69. The predicted molar refractivity (Wildman–Crippen MR) is 116 cm³/mol. The minimum absolute atomic E-state index is 0.201. The van der Waals surface area contributed by atoms with E-state index in [9.17, 15) is 14.4 Å². The third-order valence-corrected chi connectivity index (χ3v) is 5.51. The average Bonchev–Trinajstić information content (AvgIpc) is 2.98.